The topological polar surface area (TPSA) is 78.9 Å². The van der Waals surface area contributed by atoms with Crippen LogP contribution < -0.4 is 10.1 Å². The van der Waals surface area contributed by atoms with Crippen molar-refractivity contribution in [1.29, 1.82) is 0 Å². The summed E-state index contributed by atoms with van der Waals surface area (Å²) in [7, 11) is 0. The van der Waals surface area contributed by atoms with E-state index >= 15 is 0 Å². The lowest BCUT2D eigenvalue weighted by Crippen LogP contribution is -2.41. The molecule has 2 aliphatic rings. The average Bonchev–Trinajstić information content (AvgIpc) is 2.88. The van der Waals surface area contributed by atoms with Crippen LogP contribution in [0.2, 0.25) is 0 Å². The molecule has 0 unspecified atom stereocenters. The van der Waals surface area contributed by atoms with E-state index in [1.54, 1.807) is 35.2 Å². The van der Waals surface area contributed by atoms with Crippen LogP contribution in [0.25, 0.3) is 6.08 Å². The van der Waals surface area contributed by atoms with Gasteiger partial charge in [-0.3, -0.25) is 9.69 Å². The first kappa shape index (κ1) is 17.4. The number of hydrogen-bond acceptors (Lipinski definition) is 4. The SMILES string of the molecule is O=C(O)COc1ccc(/C=C2\NC(=S)N(C3CCCCC3)C2=O)cc1. The number of ether oxygens (including phenoxy) is 1. The van der Waals surface area contributed by atoms with Crippen molar-refractivity contribution >= 4 is 35.3 Å². The monoisotopic (exact) mass is 360 g/mol. The van der Waals surface area contributed by atoms with Crippen molar-refractivity contribution in [3.63, 3.8) is 0 Å². The quantitative estimate of drug-likeness (QED) is 0.621. The Hall–Kier alpha value is -2.41. The molecule has 1 aromatic carbocycles. The lowest BCUT2D eigenvalue weighted by Gasteiger charge is -2.29. The van der Waals surface area contributed by atoms with Crippen molar-refractivity contribution in [3.05, 3.63) is 35.5 Å². The van der Waals surface area contributed by atoms with Gasteiger partial charge in [0.05, 0.1) is 0 Å². The number of carboxylic acid groups (broad SMARTS) is 1. The molecule has 2 fully saturated rings. The van der Waals surface area contributed by atoms with Gasteiger partial charge in [0.2, 0.25) is 0 Å². The Morgan fingerprint density at radius 3 is 2.60 bits per heavy atom. The Morgan fingerprint density at radius 2 is 1.96 bits per heavy atom. The molecule has 3 rings (SSSR count). The van der Waals surface area contributed by atoms with E-state index in [1.165, 1.54) is 6.42 Å². The van der Waals surface area contributed by atoms with Crippen molar-refractivity contribution in [2.45, 2.75) is 38.1 Å². The largest absolute Gasteiger partial charge is 0.482 e. The maximum absolute atomic E-state index is 12.7. The Bertz CT molecular complexity index is 708. The minimum atomic E-state index is -1.02. The molecule has 1 aromatic rings. The van der Waals surface area contributed by atoms with Crippen molar-refractivity contribution in [2.24, 2.45) is 0 Å². The first-order chi connectivity index (χ1) is 12.0. The third kappa shape index (κ3) is 4.17. The van der Waals surface area contributed by atoms with Gasteiger partial charge in [0.25, 0.3) is 5.91 Å². The van der Waals surface area contributed by atoms with Gasteiger partial charge >= 0.3 is 5.97 Å². The third-order valence-corrected chi connectivity index (χ3v) is 4.70. The van der Waals surface area contributed by atoms with E-state index in [2.05, 4.69) is 5.32 Å². The average molecular weight is 360 g/mol. The molecule has 1 heterocycles. The van der Waals surface area contributed by atoms with E-state index in [-0.39, 0.29) is 18.6 Å². The van der Waals surface area contributed by atoms with Gasteiger partial charge in [-0.2, -0.15) is 0 Å². The second-order valence-corrected chi connectivity index (χ2v) is 6.59. The zero-order chi connectivity index (χ0) is 17.8. The molecule has 0 atom stereocenters. The van der Waals surface area contributed by atoms with Crippen molar-refractivity contribution < 1.29 is 19.4 Å². The normalized spacial score (nSPS) is 20.0. The molecule has 25 heavy (non-hydrogen) atoms. The highest BCUT2D eigenvalue weighted by atomic mass is 32.1. The molecule has 1 amide bonds. The minimum Gasteiger partial charge on any atom is -0.482 e. The maximum Gasteiger partial charge on any atom is 0.341 e. The van der Waals surface area contributed by atoms with Gasteiger partial charge in [-0.1, -0.05) is 31.4 Å². The number of hydrogen-bond donors (Lipinski definition) is 2. The second kappa shape index (κ2) is 7.65. The maximum atomic E-state index is 12.7. The number of amides is 1. The van der Waals surface area contributed by atoms with Gasteiger partial charge in [0.15, 0.2) is 11.7 Å². The Morgan fingerprint density at radius 1 is 1.28 bits per heavy atom. The van der Waals surface area contributed by atoms with Crippen LogP contribution in [0.15, 0.2) is 30.0 Å². The Balaban J connectivity index is 1.69. The molecule has 2 N–H and O–H groups in total. The van der Waals surface area contributed by atoms with Crippen LogP contribution in [0.4, 0.5) is 0 Å². The van der Waals surface area contributed by atoms with Crippen LogP contribution in [0.3, 0.4) is 0 Å². The van der Waals surface area contributed by atoms with Gasteiger partial charge < -0.3 is 15.2 Å². The van der Waals surface area contributed by atoms with Crippen LogP contribution in [0.5, 0.6) is 5.75 Å². The Kier molecular flexibility index (Phi) is 5.33. The predicted molar refractivity (Wildman–Crippen MR) is 97.0 cm³/mol. The van der Waals surface area contributed by atoms with Crippen LogP contribution in [-0.4, -0.2) is 39.6 Å². The van der Waals surface area contributed by atoms with Gasteiger partial charge in [-0.15, -0.1) is 0 Å². The molecule has 6 nitrogen and oxygen atoms in total. The van der Waals surface area contributed by atoms with E-state index < -0.39 is 5.97 Å². The molecular weight excluding hydrogens is 340 g/mol. The van der Waals surface area contributed by atoms with Gasteiger partial charge in [0.1, 0.15) is 11.4 Å². The van der Waals surface area contributed by atoms with Gasteiger partial charge in [-0.25, -0.2) is 4.79 Å². The summed E-state index contributed by atoms with van der Waals surface area (Å²) in [5.41, 5.74) is 1.28. The fourth-order valence-corrected chi connectivity index (χ4v) is 3.53. The number of benzene rings is 1. The summed E-state index contributed by atoms with van der Waals surface area (Å²) >= 11 is 5.35. The summed E-state index contributed by atoms with van der Waals surface area (Å²) < 4.78 is 5.10. The molecule has 1 saturated heterocycles. The smallest absolute Gasteiger partial charge is 0.341 e. The van der Waals surface area contributed by atoms with Crippen molar-refractivity contribution in [3.8, 4) is 5.75 Å². The molecule has 0 spiro atoms. The minimum absolute atomic E-state index is 0.0805. The molecule has 1 saturated carbocycles. The van der Waals surface area contributed by atoms with Crippen LogP contribution in [0, 0.1) is 0 Å². The van der Waals surface area contributed by atoms with Crippen LogP contribution >= 0.6 is 12.2 Å². The lowest BCUT2D eigenvalue weighted by molar-refractivity contribution is -0.139. The highest BCUT2D eigenvalue weighted by Crippen LogP contribution is 2.27. The number of rotatable bonds is 5. The third-order valence-electron chi connectivity index (χ3n) is 4.40. The molecule has 0 aromatic heterocycles. The first-order valence-electron chi connectivity index (χ1n) is 8.35. The van der Waals surface area contributed by atoms with Gasteiger partial charge in [-0.05, 0) is 48.8 Å². The predicted octanol–water partition coefficient (Wildman–Crippen LogP) is 2.54. The number of carbonyl (C=O) groups excluding carboxylic acids is 1. The summed E-state index contributed by atoms with van der Waals surface area (Å²) in [6.45, 7) is -0.384. The number of nitrogens with one attached hydrogen (secondary N) is 1. The fraction of sp³-hybridized carbons (Fsp3) is 0.389. The summed E-state index contributed by atoms with van der Waals surface area (Å²) in [6.07, 6.45) is 7.23. The van der Waals surface area contributed by atoms with E-state index in [1.807, 2.05) is 0 Å². The number of carboxylic acids is 1. The number of aliphatic carboxylic acids is 1. The van der Waals surface area contributed by atoms with Crippen LogP contribution in [-0.2, 0) is 9.59 Å². The zero-order valence-corrected chi connectivity index (χ0v) is 14.6. The van der Waals surface area contributed by atoms with Crippen LogP contribution in [0.1, 0.15) is 37.7 Å². The van der Waals surface area contributed by atoms with E-state index in [0.29, 0.717) is 16.6 Å². The summed E-state index contributed by atoms with van der Waals surface area (Å²) in [5.74, 6) is -0.638. The number of nitrogens with zero attached hydrogens (tertiary/aromatic N) is 1. The van der Waals surface area contributed by atoms with Gasteiger partial charge in [0, 0.05) is 6.04 Å². The zero-order valence-electron chi connectivity index (χ0n) is 13.7. The summed E-state index contributed by atoms with van der Waals surface area (Å²) in [6, 6.07) is 7.08. The molecule has 132 valence electrons. The molecular formula is C18H20N2O4S. The Labute approximate surface area is 151 Å². The van der Waals surface area contributed by atoms with E-state index in [9.17, 15) is 9.59 Å². The van der Waals surface area contributed by atoms with Crippen molar-refractivity contribution in [1.82, 2.24) is 10.2 Å². The molecule has 7 heteroatoms. The summed E-state index contributed by atoms with van der Waals surface area (Å²) in [4.78, 5) is 24.9. The highest BCUT2D eigenvalue weighted by molar-refractivity contribution is 7.80. The number of thiocarbonyl (C=S) groups is 1. The molecule has 1 aliphatic heterocycles. The second-order valence-electron chi connectivity index (χ2n) is 6.21. The lowest BCUT2D eigenvalue weighted by atomic mass is 9.94. The highest BCUT2D eigenvalue weighted by Gasteiger charge is 2.36. The first-order valence-corrected chi connectivity index (χ1v) is 8.76. The molecule has 1 aliphatic carbocycles. The summed E-state index contributed by atoms with van der Waals surface area (Å²) in [5, 5.41) is 12.1. The van der Waals surface area contributed by atoms with E-state index in [0.717, 1.165) is 31.2 Å². The fourth-order valence-electron chi connectivity index (χ4n) is 3.19. The molecule has 0 bridgehead atoms. The number of carbonyl (C=O) groups is 2. The van der Waals surface area contributed by atoms with Crippen molar-refractivity contribution in [2.75, 3.05) is 6.61 Å². The standard InChI is InChI=1S/C18H20N2O4S/c21-16(22)11-24-14-8-6-12(7-9-14)10-15-17(23)20(18(25)19-15)13-4-2-1-3-5-13/h6-10,13H,1-5,11H2,(H,19,25)(H,21,22)/b15-10-. The van der Waals surface area contributed by atoms with E-state index in [4.69, 9.17) is 22.1 Å². The molecule has 0 radical (unpaired) electrons.